The summed E-state index contributed by atoms with van der Waals surface area (Å²) < 4.78 is 10.1. The number of alkyl halides is 1. The lowest BCUT2D eigenvalue weighted by molar-refractivity contribution is 0.0513. The fourth-order valence-electron chi connectivity index (χ4n) is 1.49. The third kappa shape index (κ3) is 3.07. The van der Waals surface area contributed by atoms with E-state index in [1.54, 1.807) is 6.92 Å². The summed E-state index contributed by atoms with van der Waals surface area (Å²) in [5, 5.41) is 4.70. The molecule has 1 aromatic heterocycles. The van der Waals surface area contributed by atoms with Crippen molar-refractivity contribution in [2.24, 2.45) is 0 Å². The molecule has 0 spiro atoms. The number of hydrogen-bond acceptors (Lipinski definition) is 4. The monoisotopic (exact) mass is 289 g/mol. The highest BCUT2D eigenvalue weighted by atomic mass is 79.9. The molecule has 4 nitrogen and oxygen atoms in total. The SMILES string of the molecule is CCOC(=O)c1noc(CCCBr)c1CC. The van der Waals surface area contributed by atoms with Crippen LogP contribution in [0.25, 0.3) is 0 Å². The van der Waals surface area contributed by atoms with E-state index in [-0.39, 0.29) is 0 Å². The van der Waals surface area contributed by atoms with Gasteiger partial charge in [-0.1, -0.05) is 28.0 Å². The van der Waals surface area contributed by atoms with Crippen LogP contribution in [-0.4, -0.2) is 23.1 Å². The highest BCUT2D eigenvalue weighted by molar-refractivity contribution is 9.09. The van der Waals surface area contributed by atoms with Crippen LogP contribution in [0.2, 0.25) is 0 Å². The van der Waals surface area contributed by atoms with Crippen molar-refractivity contribution in [2.75, 3.05) is 11.9 Å². The average molecular weight is 290 g/mol. The number of nitrogens with zero attached hydrogens (tertiary/aromatic N) is 1. The molecule has 0 unspecified atom stereocenters. The normalized spacial score (nSPS) is 10.4. The molecule has 16 heavy (non-hydrogen) atoms. The number of rotatable bonds is 6. The number of halogens is 1. The van der Waals surface area contributed by atoms with E-state index in [2.05, 4.69) is 21.1 Å². The molecule has 0 atom stereocenters. The van der Waals surface area contributed by atoms with Gasteiger partial charge in [0.25, 0.3) is 0 Å². The lowest BCUT2D eigenvalue weighted by atomic mass is 10.1. The van der Waals surface area contributed by atoms with Crippen LogP contribution in [0.5, 0.6) is 0 Å². The Morgan fingerprint density at radius 2 is 2.25 bits per heavy atom. The number of ether oxygens (including phenoxy) is 1. The maximum Gasteiger partial charge on any atom is 0.360 e. The van der Waals surface area contributed by atoms with E-state index in [0.29, 0.717) is 12.3 Å². The lowest BCUT2D eigenvalue weighted by Crippen LogP contribution is -2.08. The summed E-state index contributed by atoms with van der Waals surface area (Å²) in [6, 6.07) is 0. The van der Waals surface area contributed by atoms with Gasteiger partial charge in [0.15, 0.2) is 5.69 Å². The van der Waals surface area contributed by atoms with Crippen LogP contribution >= 0.6 is 15.9 Å². The van der Waals surface area contributed by atoms with Gasteiger partial charge in [-0.2, -0.15) is 0 Å². The standard InChI is InChI=1S/C11H16BrNO3/c1-3-8-9(6-5-7-12)16-13-10(8)11(14)15-4-2/h3-7H2,1-2H3. The van der Waals surface area contributed by atoms with Crippen LogP contribution < -0.4 is 0 Å². The van der Waals surface area contributed by atoms with E-state index in [9.17, 15) is 4.79 Å². The zero-order valence-electron chi connectivity index (χ0n) is 9.59. The molecule has 0 amide bonds. The Labute approximate surface area is 103 Å². The molecule has 0 aliphatic carbocycles. The van der Waals surface area contributed by atoms with Gasteiger partial charge in [0.05, 0.1) is 6.61 Å². The Morgan fingerprint density at radius 1 is 1.50 bits per heavy atom. The van der Waals surface area contributed by atoms with Crippen LogP contribution in [0.4, 0.5) is 0 Å². The summed E-state index contributed by atoms with van der Waals surface area (Å²) >= 11 is 3.36. The Kier molecular flexibility index (Phi) is 5.52. The highest BCUT2D eigenvalue weighted by Gasteiger charge is 2.20. The first-order valence-corrected chi connectivity index (χ1v) is 6.57. The zero-order valence-corrected chi connectivity index (χ0v) is 11.2. The molecule has 0 aromatic carbocycles. The molecule has 1 aromatic rings. The van der Waals surface area contributed by atoms with Crippen LogP contribution in [0, 0.1) is 0 Å². The van der Waals surface area contributed by atoms with Gasteiger partial charge in [-0.05, 0) is 19.8 Å². The van der Waals surface area contributed by atoms with Crippen molar-refractivity contribution in [1.82, 2.24) is 5.16 Å². The molecule has 0 bridgehead atoms. The summed E-state index contributed by atoms with van der Waals surface area (Å²) in [4.78, 5) is 11.6. The topological polar surface area (TPSA) is 52.3 Å². The molecule has 0 N–H and O–H groups in total. The summed E-state index contributed by atoms with van der Waals surface area (Å²) in [6.07, 6.45) is 2.49. The number of aromatic nitrogens is 1. The number of aryl methyl sites for hydroxylation is 1. The minimum Gasteiger partial charge on any atom is -0.461 e. The number of esters is 1. The van der Waals surface area contributed by atoms with Gasteiger partial charge in [0.2, 0.25) is 0 Å². The van der Waals surface area contributed by atoms with Crippen LogP contribution in [-0.2, 0) is 17.6 Å². The first-order chi connectivity index (χ1) is 7.74. The highest BCUT2D eigenvalue weighted by Crippen LogP contribution is 2.18. The fourth-order valence-corrected chi connectivity index (χ4v) is 1.77. The summed E-state index contributed by atoms with van der Waals surface area (Å²) in [5.74, 6) is 0.401. The molecule has 90 valence electrons. The number of carbonyl (C=O) groups is 1. The lowest BCUT2D eigenvalue weighted by Gasteiger charge is -2.00. The molecule has 0 saturated carbocycles. The number of hydrogen-bond donors (Lipinski definition) is 0. The van der Waals surface area contributed by atoms with E-state index in [0.717, 1.165) is 35.9 Å². The van der Waals surface area contributed by atoms with Gasteiger partial charge >= 0.3 is 5.97 Å². The second-order valence-electron chi connectivity index (χ2n) is 3.30. The van der Waals surface area contributed by atoms with Crippen molar-refractivity contribution in [3.8, 4) is 0 Å². The second kappa shape index (κ2) is 6.68. The predicted octanol–water partition coefficient (Wildman–Crippen LogP) is 2.74. The van der Waals surface area contributed by atoms with E-state index < -0.39 is 5.97 Å². The third-order valence-electron chi connectivity index (χ3n) is 2.23. The van der Waals surface area contributed by atoms with Crippen molar-refractivity contribution in [3.05, 3.63) is 17.0 Å². The van der Waals surface area contributed by atoms with Crippen molar-refractivity contribution in [1.29, 1.82) is 0 Å². The maximum atomic E-state index is 11.6. The summed E-state index contributed by atoms with van der Waals surface area (Å²) in [5.41, 5.74) is 1.20. The van der Waals surface area contributed by atoms with Crippen molar-refractivity contribution in [2.45, 2.75) is 33.1 Å². The first kappa shape index (κ1) is 13.2. The molecule has 0 radical (unpaired) electrons. The minimum atomic E-state index is -0.395. The molecule has 1 heterocycles. The van der Waals surface area contributed by atoms with Crippen molar-refractivity contribution >= 4 is 21.9 Å². The van der Waals surface area contributed by atoms with Crippen molar-refractivity contribution in [3.63, 3.8) is 0 Å². The van der Waals surface area contributed by atoms with Crippen molar-refractivity contribution < 1.29 is 14.1 Å². The van der Waals surface area contributed by atoms with Crippen LogP contribution in [0.3, 0.4) is 0 Å². The van der Waals surface area contributed by atoms with E-state index in [1.807, 2.05) is 6.92 Å². The first-order valence-electron chi connectivity index (χ1n) is 5.45. The molecular weight excluding hydrogens is 274 g/mol. The second-order valence-corrected chi connectivity index (χ2v) is 4.09. The molecule has 0 saturated heterocycles. The Morgan fingerprint density at radius 3 is 2.81 bits per heavy atom. The van der Waals surface area contributed by atoms with Gasteiger partial charge in [-0.25, -0.2) is 4.79 Å². The van der Waals surface area contributed by atoms with Crippen LogP contribution in [0.15, 0.2) is 4.52 Å². The van der Waals surface area contributed by atoms with Gasteiger partial charge < -0.3 is 9.26 Å². The van der Waals surface area contributed by atoms with E-state index in [1.165, 1.54) is 0 Å². The zero-order chi connectivity index (χ0) is 12.0. The van der Waals surface area contributed by atoms with Gasteiger partial charge in [-0.3, -0.25) is 0 Å². The summed E-state index contributed by atoms with van der Waals surface area (Å²) in [6.45, 7) is 4.10. The number of carbonyl (C=O) groups excluding carboxylic acids is 1. The van der Waals surface area contributed by atoms with Gasteiger partial charge in [0.1, 0.15) is 5.76 Å². The molecule has 5 heteroatoms. The molecule has 0 fully saturated rings. The molecular formula is C11H16BrNO3. The third-order valence-corrected chi connectivity index (χ3v) is 2.79. The minimum absolute atomic E-state index is 0.328. The van der Waals surface area contributed by atoms with Gasteiger partial charge in [0, 0.05) is 17.3 Å². The maximum absolute atomic E-state index is 11.6. The smallest absolute Gasteiger partial charge is 0.360 e. The van der Waals surface area contributed by atoms with Gasteiger partial charge in [-0.15, -0.1) is 0 Å². The summed E-state index contributed by atoms with van der Waals surface area (Å²) in [7, 11) is 0. The molecule has 0 aliphatic rings. The quantitative estimate of drug-likeness (QED) is 0.597. The predicted molar refractivity (Wildman–Crippen MR) is 64.0 cm³/mol. The van der Waals surface area contributed by atoms with E-state index >= 15 is 0 Å². The fraction of sp³-hybridized carbons (Fsp3) is 0.636. The largest absolute Gasteiger partial charge is 0.461 e. The van der Waals surface area contributed by atoms with Crippen LogP contribution in [0.1, 0.15) is 42.1 Å². The Balaban J connectivity index is 2.85. The molecule has 0 aliphatic heterocycles. The Hall–Kier alpha value is -0.840. The molecule has 1 rings (SSSR count). The average Bonchev–Trinajstić information content (AvgIpc) is 2.69. The Bertz CT molecular complexity index is 349. The van der Waals surface area contributed by atoms with E-state index in [4.69, 9.17) is 9.26 Å².